The third kappa shape index (κ3) is 1.56. The van der Waals surface area contributed by atoms with Crippen molar-refractivity contribution in [3.63, 3.8) is 0 Å². The average Bonchev–Trinajstić information content (AvgIpc) is 2.43. The average molecular weight is 219 g/mol. The molecular formula is C12H13NO3. The van der Waals surface area contributed by atoms with Crippen molar-refractivity contribution in [2.75, 3.05) is 4.90 Å². The van der Waals surface area contributed by atoms with Gasteiger partial charge in [0.15, 0.2) is 0 Å². The molecule has 16 heavy (non-hydrogen) atoms. The van der Waals surface area contributed by atoms with Gasteiger partial charge in [0, 0.05) is 12.3 Å². The van der Waals surface area contributed by atoms with Gasteiger partial charge in [-0.15, -0.1) is 0 Å². The molecule has 1 saturated heterocycles. The van der Waals surface area contributed by atoms with Crippen LogP contribution in [0, 0.1) is 12.8 Å². The minimum atomic E-state index is -0.249. The number of aryl methyl sites for hydroxylation is 1. The number of benzene rings is 1. The summed E-state index contributed by atoms with van der Waals surface area (Å²) in [6, 6.07) is 4.61. The minimum absolute atomic E-state index is 0.133. The Hall–Kier alpha value is -1.84. The van der Waals surface area contributed by atoms with E-state index in [1.165, 1.54) is 11.0 Å². The Morgan fingerprint density at radius 1 is 1.38 bits per heavy atom. The fourth-order valence-corrected chi connectivity index (χ4v) is 1.93. The number of hydrogen-bond donors (Lipinski definition) is 1. The number of rotatable bonds is 1. The van der Waals surface area contributed by atoms with Crippen LogP contribution in [0.5, 0.6) is 5.75 Å². The molecule has 84 valence electrons. The van der Waals surface area contributed by atoms with Crippen molar-refractivity contribution in [3.05, 3.63) is 23.8 Å². The van der Waals surface area contributed by atoms with E-state index in [2.05, 4.69) is 0 Å². The van der Waals surface area contributed by atoms with Crippen LogP contribution < -0.4 is 4.90 Å². The van der Waals surface area contributed by atoms with Crippen molar-refractivity contribution in [1.29, 1.82) is 0 Å². The maximum atomic E-state index is 11.8. The van der Waals surface area contributed by atoms with E-state index in [0.29, 0.717) is 5.69 Å². The van der Waals surface area contributed by atoms with Gasteiger partial charge in [0.2, 0.25) is 11.8 Å². The molecule has 1 atom stereocenters. The SMILES string of the molecule is Cc1cc(O)ccc1N1C(=O)CC(C)C1=O. The molecule has 1 aliphatic rings. The molecule has 0 aromatic heterocycles. The summed E-state index contributed by atoms with van der Waals surface area (Å²) in [6.45, 7) is 3.51. The number of carbonyl (C=O) groups excluding carboxylic acids is 2. The summed E-state index contributed by atoms with van der Waals surface area (Å²) in [5.41, 5.74) is 1.29. The van der Waals surface area contributed by atoms with E-state index in [0.717, 1.165) is 5.56 Å². The van der Waals surface area contributed by atoms with Crippen LogP contribution in [0.25, 0.3) is 0 Å². The molecule has 2 amide bonds. The Kier molecular flexibility index (Phi) is 2.42. The second-order valence-corrected chi connectivity index (χ2v) is 4.14. The maximum absolute atomic E-state index is 11.8. The highest BCUT2D eigenvalue weighted by molar-refractivity contribution is 6.21. The van der Waals surface area contributed by atoms with Crippen molar-refractivity contribution in [2.24, 2.45) is 5.92 Å². The molecule has 1 aliphatic heterocycles. The summed E-state index contributed by atoms with van der Waals surface area (Å²) in [6.07, 6.45) is 0.263. The largest absolute Gasteiger partial charge is 0.508 e. The van der Waals surface area contributed by atoms with Crippen molar-refractivity contribution in [2.45, 2.75) is 20.3 Å². The molecule has 0 radical (unpaired) electrons. The molecule has 1 fully saturated rings. The Balaban J connectivity index is 2.45. The maximum Gasteiger partial charge on any atom is 0.237 e. The lowest BCUT2D eigenvalue weighted by atomic mass is 10.1. The first-order valence-electron chi connectivity index (χ1n) is 5.17. The predicted octanol–water partition coefficient (Wildman–Crippen LogP) is 1.60. The smallest absolute Gasteiger partial charge is 0.237 e. The minimum Gasteiger partial charge on any atom is -0.508 e. The lowest BCUT2D eigenvalue weighted by Crippen LogP contribution is -2.30. The van der Waals surface area contributed by atoms with Crippen LogP contribution >= 0.6 is 0 Å². The van der Waals surface area contributed by atoms with Gasteiger partial charge in [-0.1, -0.05) is 6.92 Å². The normalized spacial score (nSPS) is 20.6. The van der Waals surface area contributed by atoms with E-state index >= 15 is 0 Å². The van der Waals surface area contributed by atoms with Crippen molar-refractivity contribution in [1.82, 2.24) is 0 Å². The van der Waals surface area contributed by atoms with E-state index < -0.39 is 0 Å². The Bertz CT molecular complexity index is 467. The van der Waals surface area contributed by atoms with Crippen LogP contribution in [0.2, 0.25) is 0 Å². The molecule has 1 aromatic carbocycles. The monoisotopic (exact) mass is 219 g/mol. The van der Waals surface area contributed by atoms with Crippen LogP contribution in [0.1, 0.15) is 18.9 Å². The highest BCUT2D eigenvalue weighted by atomic mass is 16.3. The first-order valence-corrected chi connectivity index (χ1v) is 5.17. The van der Waals surface area contributed by atoms with E-state index in [9.17, 15) is 14.7 Å². The molecular weight excluding hydrogens is 206 g/mol. The van der Waals surface area contributed by atoms with E-state index in [-0.39, 0.29) is 29.9 Å². The predicted molar refractivity (Wildman–Crippen MR) is 59.1 cm³/mol. The van der Waals surface area contributed by atoms with Gasteiger partial charge in [0.05, 0.1) is 5.69 Å². The number of amides is 2. The second-order valence-electron chi connectivity index (χ2n) is 4.14. The first kappa shape index (κ1) is 10.7. The topological polar surface area (TPSA) is 57.6 Å². The lowest BCUT2D eigenvalue weighted by Gasteiger charge is -2.16. The second kappa shape index (κ2) is 3.63. The van der Waals surface area contributed by atoms with Gasteiger partial charge in [-0.2, -0.15) is 0 Å². The number of imide groups is 1. The van der Waals surface area contributed by atoms with Crippen LogP contribution in [0.15, 0.2) is 18.2 Å². The summed E-state index contributed by atoms with van der Waals surface area (Å²) < 4.78 is 0. The van der Waals surface area contributed by atoms with Crippen molar-refractivity contribution < 1.29 is 14.7 Å². The van der Waals surface area contributed by atoms with Crippen molar-refractivity contribution >= 4 is 17.5 Å². The molecule has 0 saturated carbocycles. The Morgan fingerprint density at radius 2 is 2.06 bits per heavy atom. The Morgan fingerprint density at radius 3 is 2.56 bits per heavy atom. The van der Waals surface area contributed by atoms with Gasteiger partial charge in [-0.05, 0) is 30.7 Å². The summed E-state index contributed by atoms with van der Waals surface area (Å²) in [5, 5.41) is 9.28. The molecule has 0 aliphatic carbocycles. The zero-order valence-electron chi connectivity index (χ0n) is 9.23. The zero-order chi connectivity index (χ0) is 11.9. The first-order chi connectivity index (χ1) is 7.50. The number of phenolic OH excluding ortho intramolecular Hbond substituents is 1. The fraction of sp³-hybridized carbons (Fsp3) is 0.333. The summed E-state index contributed by atoms with van der Waals surface area (Å²) >= 11 is 0. The van der Waals surface area contributed by atoms with E-state index in [1.54, 1.807) is 26.0 Å². The number of aromatic hydroxyl groups is 1. The van der Waals surface area contributed by atoms with E-state index in [4.69, 9.17) is 0 Å². The molecule has 1 heterocycles. The van der Waals surface area contributed by atoms with Gasteiger partial charge in [-0.3, -0.25) is 14.5 Å². The van der Waals surface area contributed by atoms with Crippen LogP contribution in [-0.2, 0) is 9.59 Å². The van der Waals surface area contributed by atoms with Gasteiger partial charge in [0.25, 0.3) is 0 Å². The number of nitrogens with zero attached hydrogens (tertiary/aromatic N) is 1. The summed E-state index contributed by atoms with van der Waals surface area (Å²) in [7, 11) is 0. The molecule has 0 spiro atoms. The Labute approximate surface area is 93.5 Å². The van der Waals surface area contributed by atoms with Gasteiger partial charge in [-0.25, -0.2) is 0 Å². The van der Waals surface area contributed by atoms with Gasteiger partial charge < -0.3 is 5.11 Å². The van der Waals surface area contributed by atoms with E-state index in [1.807, 2.05) is 0 Å². The van der Waals surface area contributed by atoms with Gasteiger partial charge >= 0.3 is 0 Å². The summed E-state index contributed by atoms with van der Waals surface area (Å²) in [4.78, 5) is 24.7. The van der Waals surface area contributed by atoms with Crippen molar-refractivity contribution in [3.8, 4) is 5.75 Å². The summed E-state index contributed by atoms with van der Waals surface area (Å²) in [5.74, 6) is -0.459. The highest BCUT2D eigenvalue weighted by Gasteiger charge is 2.37. The molecule has 1 aromatic rings. The fourth-order valence-electron chi connectivity index (χ4n) is 1.93. The molecule has 1 unspecified atom stereocenters. The third-order valence-electron chi connectivity index (χ3n) is 2.79. The van der Waals surface area contributed by atoms with Gasteiger partial charge in [0.1, 0.15) is 5.75 Å². The lowest BCUT2D eigenvalue weighted by molar-refractivity contribution is -0.122. The van der Waals surface area contributed by atoms with Crippen LogP contribution in [0.3, 0.4) is 0 Å². The molecule has 2 rings (SSSR count). The molecule has 0 bridgehead atoms. The van der Waals surface area contributed by atoms with Crippen LogP contribution in [-0.4, -0.2) is 16.9 Å². The molecule has 1 N–H and O–H groups in total. The standard InChI is InChI=1S/C12H13NO3/c1-7-5-9(14)3-4-10(7)13-11(15)6-8(2)12(13)16/h3-5,8,14H,6H2,1-2H3. The molecule has 4 heteroatoms. The quantitative estimate of drug-likeness (QED) is 0.730. The zero-order valence-corrected chi connectivity index (χ0v) is 9.23. The third-order valence-corrected chi connectivity index (χ3v) is 2.79. The number of hydrogen-bond acceptors (Lipinski definition) is 3. The number of phenols is 1. The van der Waals surface area contributed by atoms with Crippen LogP contribution in [0.4, 0.5) is 5.69 Å². The number of anilines is 1. The number of carbonyl (C=O) groups is 2. The highest BCUT2D eigenvalue weighted by Crippen LogP contribution is 2.30. The molecule has 4 nitrogen and oxygen atoms in total.